The van der Waals surface area contributed by atoms with E-state index in [-0.39, 0.29) is 22.8 Å². The van der Waals surface area contributed by atoms with Crippen LogP contribution in [0.4, 0.5) is 0 Å². The molecule has 7 heteroatoms. The van der Waals surface area contributed by atoms with Crippen LogP contribution in [0.1, 0.15) is 29.4 Å². The number of nitrogens with one attached hydrogen (secondary N) is 1. The van der Waals surface area contributed by atoms with Crippen molar-refractivity contribution in [2.75, 3.05) is 5.75 Å². The van der Waals surface area contributed by atoms with Crippen LogP contribution in [0.3, 0.4) is 0 Å². The zero-order chi connectivity index (χ0) is 16.2. The van der Waals surface area contributed by atoms with Crippen molar-refractivity contribution < 1.29 is 13.2 Å². The van der Waals surface area contributed by atoms with Gasteiger partial charge in [-0.25, -0.2) is 8.42 Å². The maximum atomic E-state index is 12.3. The number of rotatable bonds is 6. The third-order valence-electron chi connectivity index (χ3n) is 3.29. The number of benzene rings is 1. The van der Waals surface area contributed by atoms with E-state index in [4.69, 9.17) is 0 Å². The van der Waals surface area contributed by atoms with Crippen molar-refractivity contribution in [3.63, 3.8) is 0 Å². The molecule has 1 amide bonds. The highest BCUT2D eigenvalue weighted by Crippen LogP contribution is 2.18. The van der Waals surface area contributed by atoms with Gasteiger partial charge in [-0.3, -0.25) is 9.48 Å². The Morgan fingerprint density at radius 3 is 2.64 bits per heavy atom. The second-order valence-electron chi connectivity index (χ2n) is 4.94. The van der Waals surface area contributed by atoms with E-state index in [1.54, 1.807) is 43.0 Å². The van der Waals surface area contributed by atoms with Crippen LogP contribution in [-0.4, -0.2) is 29.9 Å². The number of carbonyl (C=O) groups is 1. The Hall–Kier alpha value is -2.15. The predicted molar refractivity (Wildman–Crippen MR) is 83.2 cm³/mol. The third-order valence-corrected chi connectivity index (χ3v) is 5.26. The first-order valence-corrected chi connectivity index (χ1v) is 8.68. The molecule has 0 bridgehead atoms. The van der Waals surface area contributed by atoms with Gasteiger partial charge in [-0.15, -0.1) is 0 Å². The molecule has 118 valence electrons. The van der Waals surface area contributed by atoms with Gasteiger partial charge in [-0.2, -0.15) is 5.10 Å². The van der Waals surface area contributed by atoms with Crippen molar-refractivity contribution >= 4 is 15.7 Å². The van der Waals surface area contributed by atoms with Gasteiger partial charge in [0.1, 0.15) is 0 Å². The highest BCUT2D eigenvalue weighted by molar-refractivity contribution is 7.91. The molecule has 6 nitrogen and oxygen atoms in total. The summed E-state index contributed by atoms with van der Waals surface area (Å²) in [6, 6.07) is 8.08. The van der Waals surface area contributed by atoms with E-state index in [1.807, 2.05) is 0 Å². The van der Waals surface area contributed by atoms with Crippen molar-refractivity contribution in [3.8, 4) is 0 Å². The lowest BCUT2D eigenvalue weighted by Gasteiger charge is -2.10. The van der Waals surface area contributed by atoms with Gasteiger partial charge in [0.25, 0.3) is 5.91 Å². The largest absolute Gasteiger partial charge is 0.346 e. The molecule has 0 spiro atoms. The lowest BCUT2D eigenvalue weighted by atomic mass is 10.2. The second kappa shape index (κ2) is 6.74. The van der Waals surface area contributed by atoms with E-state index in [2.05, 4.69) is 10.4 Å². The summed E-state index contributed by atoms with van der Waals surface area (Å²) >= 11 is 0. The molecule has 1 aromatic carbocycles. The molecule has 0 aliphatic carbocycles. The summed E-state index contributed by atoms with van der Waals surface area (Å²) in [5.74, 6) is -0.379. The molecule has 0 aliphatic rings. The summed E-state index contributed by atoms with van der Waals surface area (Å²) in [6.45, 7) is 2.08. The summed E-state index contributed by atoms with van der Waals surface area (Å²) < 4.78 is 26.2. The number of aromatic nitrogens is 2. The first-order valence-electron chi connectivity index (χ1n) is 7.02. The van der Waals surface area contributed by atoms with Crippen LogP contribution in [-0.2, 0) is 23.4 Å². The first-order chi connectivity index (χ1) is 10.5. The monoisotopic (exact) mass is 321 g/mol. The lowest BCUT2D eigenvalue weighted by molar-refractivity contribution is 0.0946. The summed E-state index contributed by atoms with van der Waals surface area (Å²) in [4.78, 5) is 12.4. The van der Waals surface area contributed by atoms with E-state index in [0.29, 0.717) is 6.42 Å². The zero-order valence-electron chi connectivity index (χ0n) is 12.6. The smallest absolute Gasteiger partial charge is 0.252 e. The van der Waals surface area contributed by atoms with Crippen molar-refractivity contribution in [1.82, 2.24) is 15.1 Å². The maximum Gasteiger partial charge on any atom is 0.252 e. The Morgan fingerprint density at radius 2 is 2.00 bits per heavy atom. The predicted octanol–water partition coefficient (Wildman–Crippen LogP) is 1.53. The molecular weight excluding hydrogens is 302 g/mol. The van der Waals surface area contributed by atoms with Crippen molar-refractivity contribution in [1.29, 1.82) is 0 Å². The topological polar surface area (TPSA) is 81.1 Å². The summed E-state index contributed by atoms with van der Waals surface area (Å²) in [5, 5.41) is 6.75. The summed E-state index contributed by atoms with van der Waals surface area (Å²) in [6.07, 6.45) is 2.15. The minimum Gasteiger partial charge on any atom is -0.346 e. The molecule has 0 saturated carbocycles. The quantitative estimate of drug-likeness (QED) is 0.875. The lowest BCUT2D eigenvalue weighted by Crippen LogP contribution is -2.26. The molecule has 0 atom stereocenters. The number of aryl methyl sites for hydroxylation is 1. The average Bonchev–Trinajstić information content (AvgIpc) is 2.90. The van der Waals surface area contributed by atoms with Crippen LogP contribution in [0.5, 0.6) is 0 Å². The number of hydrogen-bond donors (Lipinski definition) is 1. The van der Waals surface area contributed by atoms with Crippen LogP contribution in [0.15, 0.2) is 41.4 Å². The fourth-order valence-electron chi connectivity index (χ4n) is 2.14. The second-order valence-corrected chi connectivity index (χ2v) is 7.02. The van der Waals surface area contributed by atoms with Gasteiger partial charge in [0, 0.05) is 13.2 Å². The average molecular weight is 321 g/mol. The van der Waals surface area contributed by atoms with Gasteiger partial charge in [-0.1, -0.05) is 19.1 Å². The number of amides is 1. The Kier molecular flexibility index (Phi) is 4.97. The van der Waals surface area contributed by atoms with Crippen molar-refractivity contribution in [2.24, 2.45) is 7.05 Å². The van der Waals surface area contributed by atoms with Crippen molar-refractivity contribution in [2.45, 2.75) is 24.8 Å². The Bertz CT molecular complexity index is 766. The molecule has 1 N–H and O–H groups in total. The molecular formula is C15H19N3O3S. The third kappa shape index (κ3) is 3.54. The van der Waals surface area contributed by atoms with E-state index in [1.165, 1.54) is 12.1 Å². The standard InChI is InChI=1S/C15H19N3O3S/c1-3-10-22(20,21)14-7-5-4-6-13(14)15(19)16-11-12-8-9-17-18(12)2/h4-9H,3,10-11H2,1-2H3,(H,16,19). The maximum absolute atomic E-state index is 12.3. The van der Waals surface area contributed by atoms with Crippen molar-refractivity contribution in [3.05, 3.63) is 47.8 Å². The molecule has 0 unspecified atom stereocenters. The van der Waals surface area contributed by atoms with E-state index < -0.39 is 15.7 Å². The fraction of sp³-hybridized carbons (Fsp3) is 0.333. The molecule has 22 heavy (non-hydrogen) atoms. The van der Waals surface area contributed by atoms with E-state index in [9.17, 15) is 13.2 Å². The molecule has 1 heterocycles. The minimum atomic E-state index is -3.44. The molecule has 2 aromatic rings. The first kappa shape index (κ1) is 16.2. The number of nitrogens with zero attached hydrogens (tertiary/aromatic N) is 2. The number of carbonyl (C=O) groups excluding carboxylic acids is 1. The van der Waals surface area contributed by atoms with Crippen LogP contribution in [0, 0.1) is 0 Å². The summed E-state index contributed by atoms with van der Waals surface area (Å²) in [5.41, 5.74) is 1.01. The van der Waals surface area contributed by atoms with Crippen LogP contribution >= 0.6 is 0 Å². The Balaban J connectivity index is 2.22. The molecule has 0 saturated heterocycles. The molecule has 0 fully saturated rings. The molecule has 1 aromatic heterocycles. The van der Waals surface area contributed by atoms with E-state index in [0.717, 1.165) is 5.69 Å². The summed E-state index contributed by atoms with van der Waals surface area (Å²) in [7, 11) is -1.67. The van der Waals surface area contributed by atoms with Crippen LogP contribution < -0.4 is 5.32 Å². The van der Waals surface area contributed by atoms with E-state index >= 15 is 0 Å². The highest BCUT2D eigenvalue weighted by Gasteiger charge is 2.21. The van der Waals surface area contributed by atoms with Gasteiger partial charge < -0.3 is 5.32 Å². The van der Waals surface area contributed by atoms with Crippen LogP contribution in [0.25, 0.3) is 0 Å². The highest BCUT2D eigenvalue weighted by atomic mass is 32.2. The molecule has 0 aliphatic heterocycles. The Morgan fingerprint density at radius 1 is 1.27 bits per heavy atom. The van der Waals surface area contributed by atoms with Gasteiger partial charge in [0.15, 0.2) is 9.84 Å². The van der Waals surface area contributed by atoms with Gasteiger partial charge in [-0.05, 0) is 24.6 Å². The van der Waals surface area contributed by atoms with Crippen LogP contribution in [0.2, 0.25) is 0 Å². The molecule has 2 rings (SSSR count). The van der Waals surface area contributed by atoms with Gasteiger partial charge in [0.2, 0.25) is 0 Å². The number of sulfone groups is 1. The SMILES string of the molecule is CCCS(=O)(=O)c1ccccc1C(=O)NCc1ccnn1C. The van der Waals surface area contributed by atoms with Gasteiger partial charge in [0.05, 0.1) is 28.5 Å². The zero-order valence-corrected chi connectivity index (χ0v) is 13.4. The number of hydrogen-bond acceptors (Lipinski definition) is 4. The fourth-order valence-corrected chi connectivity index (χ4v) is 3.68. The van der Waals surface area contributed by atoms with Gasteiger partial charge >= 0.3 is 0 Å². The molecule has 0 radical (unpaired) electrons. The Labute approximate surface area is 130 Å². The normalized spacial score (nSPS) is 11.4. The minimum absolute atomic E-state index is 0.0268.